The molecular formula is C16H22ClFN2O3. The molecule has 128 valence electrons. The van der Waals surface area contributed by atoms with Gasteiger partial charge in [-0.15, -0.1) is 12.4 Å². The van der Waals surface area contributed by atoms with Gasteiger partial charge in [0.05, 0.1) is 24.8 Å². The molecule has 1 aromatic rings. The number of aliphatic hydroxyl groups is 1. The fraction of sp³-hybridized carbons (Fsp3) is 0.562. The summed E-state index contributed by atoms with van der Waals surface area (Å²) >= 11 is 0. The maximum Gasteiger partial charge on any atom is 0.240 e. The second-order valence-corrected chi connectivity index (χ2v) is 6.08. The van der Waals surface area contributed by atoms with Crippen LogP contribution in [0.1, 0.15) is 25.0 Å². The van der Waals surface area contributed by atoms with Gasteiger partial charge in [-0.25, -0.2) is 4.39 Å². The third-order valence-corrected chi connectivity index (χ3v) is 4.22. The largest absolute Gasteiger partial charge is 0.392 e. The quantitative estimate of drug-likeness (QED) is 0.848. The predicted molar refractivity (Wildman–Crippen MR) is 85.9 cm³/mol. The Morgan fingerprint density at radius 1 is 1.35 bits per heavy atom. The van der Waals surface area contributed by atoms with Crippen molar-refractivity contribution in [2.24, 2.45) is 0 Å². The van der Waals surface area contributed by atoms with E-state index >= 15 is 0 Å². The Labute approximate surface area is 141 Å². The summed E-state index contributed by atoms with van der Waals surface area (Å²) in [7, 11) is 0. The summed E-state index contributed by atoms with van der Waals surface area (Å²) in [5, 5.41) is 12.6. The molecule has 4 unspecified atom stereocenters. The summed E-state index contributed by atoms with van der Waals surface area (Å²) in [4.78, 5) is 14.3. The van der Waals surface area contributed by atoms with Gasteiger partial charge < -0.3 is 20.1 Å². The first-order valence-electron chi connectivity index (χ1n) is 7.64. The van der Waals surface area contributed by atoms with Crippen LogP contribution in [-0.2, 0) is 9.53 Å². The zero-order valence-corrected chi connectivity index (χ0v) is 13.8. The lowest BCUT2D eigenvalue weighted by Gasteiger charge is -2.38. The van der Waals surface area contributed by atoms with Gasteiger partial charge in [0.25, 0.3) is 0 Å². The number of nitrogens with one attached hydrogen (secondary N) is 1. The van der Waals surface area contributed by atoms with Crippen LogP contribution >= 0.6 is 12.4 Å². The number of ether oxygens (including phenoxy) is 1. The van der Waals surface area contributed by atoms with Crippen LogP contribution in [0.25, 0.3) is 0 Å². The number of hydrogen-bond donors (Lipinski definition) is 2. The number of rotatable bonds is 2. The van der Waals surface area contributed by atoms with Gasteiger partial charge in [-0.05, 0) is 31.0 Å². The molecule has 1 aromatic carbocycles. The van der Waals surface area contributed by atoms with Crippen molar-refractivity contribution in [2.45, 2.75) is 37.7 Å². The standard InChI is InChI=1S/C16H21FN2O3.ClH/c1-10-8-19(16(21)14-6-13(20)7-18-14)9-15(22-10)11-2-4-12(17)5-3-11;/h2-5,10,13-15,18,20H,6-9H2,1H3;1H. The first kappa shape index (κ1) is 18.1. The van der Waals surface area contributed by atoms with Crippen LogP contribution in [0.4, 0.5) is 4.39 Å². The van der Waals surface area contributed by atoms with Crippen LogP contribution < -0.4 is 5.32 Å². The minimum Gasteiger partial charge on any atom is -0.392 e. The average Bonchev–Trinajstić information content (AvgIpc) is 2.93. The lowest BCUT2D eigenvalue weighted by atomic mass is 10.1. The van der Waals surface area contributed by atoms with Crippen LogP contribution in [-0.4, -0.2) is 53.8 Å². The van der Waals surface area contributed by atoms with Crippen LogP contribution in [0.3, 0.4) is 0 Å². The van der Waals surface area contributed by atoms with Gasteiger partial charge >= 0.3 is 0 Å². The van der Waals surface area contributed by atoms with Crippen molar-refractivity contribution >= 4 is 18.3 Å². The topological polar surface area (TPSA) is 61.8 Å². The summed E-state index contributed by atoms with van der Waals surface area (Å²) in [6, 6.07) is 5.86. The molecule has 0 saturated carbocycles. The van der Waals surface area contributed by atoms with Crippen molar-refractivity contribution in [3.05, 3.63) is 35.6 Å². The molecule has 0 bridgehead atoms. The number of morpholine rings is 1. The molecular weight excluding hydrogens is 323 g/mol. The fourth-order valence-corrected chi connectivity index (χ4v) is 3.12. The molecule has 23 heavy (non-hydrogen) atoms. The fourth-order valence-electron chi connectivity index (χ4n) is 3.12. The van der Waals surface area contributed by atoms with Crippen molar-refractivity contribution in [3.8, 4) is 0 Å². The summed E-state index contributed by atoms with van der Waals surface area (Å²) in [6.45, 7) is 3.36. The number of amides is 1. The number of nitrogens with zero attached hydrogens (tertiary/aromatic N) is 1. The number of carbonyl (C=O) groups excluding carboxylic acids is 1. The molecule has 0 spiro atoms. The van der Waals surface area contributed by atoms with E-state index in [2.05, 4.69) is 5.32 Å². The molecule has 2 fully saturated rings. The lowest BCUT2D eigenvalue weighted by molar-refractivity contribution is -0.146. The van der Waals surface area contributed by atoms with Gasteiger partial charge in [0, 0.05) is 13.1 Å². The van der Waals surface area contributed by atoms with E-state index in [9.17, 15) is 14.3 Å². The number of aliphatic hydroxyl groups excluding tert-OH is 1. The Balaban J connectivity index is 0.00000192. The van der Waals surface area contributed by atoms with E-state index in [4.69, 9.17) is 4.74 Å². The SMILES string of the molecule is CC1CN(C(=O)C2CC(O)CN2)CC(c2ccc(F)cc2)O1.Cl. The number of β-amino-alcohol motifs (C(OH)–C–C–N with tert-alkyl or cyclic N) is 1. The van der Waals surface area contributed by atoms with Gasteiger partial charge in [-0.1, -0.05) is 12.1 Å². The van der Waals surface area contributed by atoms with Crippen molar-refractivity contribution < 1.29 is 19.0 Å². The van der Waals surface area contributed by atoms with Gasteiger partial charge in [0.15, 0.2) is 0 Å². The predicted octanol–water partition coefficient (Wildman–Crippen LogP) is 1.26. The summed E-state index contributed by atoms with van der Waals surface area (Å²) < 4.78 is 18.9. The average molecular weight is 345 g/mol. The number of halogens is 2. The third kappa shape index (κ3) is 4.20. The van der Waals surface area contributed by atoms with Crippen molar-refractivity contribution in [1.29, 1.82) is 0 Å². The van der Waals surface area contributed by atoms with E-state index < -0.39 is 6.10 Å². The normalized spacial score (nSPS) is 30.8. The number of hydrogen-bond acceptors (Lipinski definition) is 4. The monoisotopic (exact) mass is 344 g/mol. The van der Waals surface area contributed by atoms with Crippen LogP contribution in [0, 0.1) is 5.82 Å². The molecule has 1 amide bonds. The number of carbonyl (C=O) groups is 1. The Morgan fingerprint density at radius 3 is 2.65 bits per heavy atom. The zero-order chi connectivity index (χ0) is 15.7. The van der Waals surface area contributed by atoms with Gasteiger partial charge in [-0.2, -0.15) is 0 Å². The smallest absolute Gasteiger partial charge is 0.240 e. The highest BCUT2D eigenvalue weighted by Gasteiger charge is 2.35. The lowest BCUT2D eigenvalue weighted by Crippen LogP contribution is -2.51. The van der Waals surface area contributed by atoms with E-state index in [1.165, 1.54) is 12.1 Å². The summed E-state index contributed by atoms with van der Waals surface area (Å²) in [5.41, 5.74) is 0.866. The molecule has 7 heteroatoms. The summed E-state index contributed by atoms with van der Waals surface area (Å²) in [5.74, 6) is -0.288. The third-order valence-electron chi connectivity index (χ3n) is 4.22. The second kappa shape index (κ2) is 7.57. The maximum absolute atomic E-state index is 13.0. The van der Waals surface area contributed by atoms with Crippen LogP contribution in [0.2, 0.25) is 0 Å². The first-order valence-corrected chi connectivity index (χ1v) is 7.64. The Morgan fingerprint density at radius 2 is 2.04 bits per heavy atom. The van der Waals surface area contributed by atoms with Gasteiger partial charge in [-0.3, -0.25) is 4.79 Å². The molecule has 2 saturated heterocycles. The zero-order valence-electron chi connectivity index (χ0n) is 12.9. The van der Waals surface area contributed by atoms with Crippen molar-refractivity contribution in [1.82, 2.24) is 10.2 Å². The van der Waals surface area contributed by atoms with E-state index in [0.717, 1.165) is 5.56 Å². The highest BCUT2D eigenvalue weighted by atomic mass is 35.5. The molecule has 5 nitrogen and oxygen atoms in total. The first-order chi connectivity index (χ1) is 10.5. The molecule has 2 heterocycles. The molecule has 2 N–H and O–H groups in total. The van der Waals surface area contributed by atoms with Gasteiger partial charge in [0.2, 0.25) is 5.91 Å². The minimum absolute atomic E-state index is 0. The van der Waals surface area contributed by atoms with Crippen molar-refractivity contribution in [2.75, 3.05) is 19.6 Å². The van der Waals surface area contributed by atoms with E-state index in [1.54, 1.807) is 17.0 Å². The van der Waals surface area contributed by atoms with E-state index in [1.807, 2.05) is 6.92 Å². The molecule has 4 atom stereocenters. The molecule has 0 aromatic heterocycles. The molecule has 0 radical (unpaired) electrons. The highest BCUT2D eigenvalue weighted by molar-refractivity contribution is 5.85. The maximum atomic E-state index is 13.0. The van der Waals surface area contributed by atoms with Crippen LogP contribution in [0.15, 0.2) is 24.3 Å². The van der Waals surface area contributed by atoms with E-state index in [-0.39, 0.29) is 42.4 Å². The van der Waals surface area contributed by atoms with E-state index in [0.29, 0.717) is 26.1 Å². The molecule has 2 aliphatic rings. The molecule has 2 aliphatic heterocycles. The Bertz CT molecular complexity index is 543. The Hall–Kier alpha value is -1.21. The molecule has 3 rings (SSSR count). The van der Waals surface area contributed by atoms with Crippen molar-refractivity contribution in [3.63, 3.8) is 0 Å². The molecule has 0 aliphatic carbocycles. The second-order valence-electron chi connectivity index (χ2n) is 6.08. The highest BCUT2D eigenvalue weighted by Crippen LogP contribution is 2.26. The van der Waals surface area contributed by atoms with Gasteiger partial charge in [0.1, 0.15) is 11.9 Å². The minimum atomic E-state index is -0.458. The summed E-state index contributed by atoms with van der Waals surface area (Å²) in [6.07, 6.45) is -0.342. The number of benzene rings is 1. The van der Waals surface area contributed by atoms with Crippen LogP contribution in [0.5, 0.6) is 0 Å². The Kier molecular flexibility index (Phi) is 5.97.